The summed E-state index contributed by atoms with van der Waals surface area (Å²) in [5, 5.41) is 11.9. The van der Waals surface area contributed by atoms with Crippen LogP contribution >= 0.6 is 23.2 Å². The van der Waals surface area contributed by atoms with E-state index < -0.39 is 17.9 Å². The van der Waals surface area contributed by atoms with Crippen LogP contribution in [0.4, 0.5) is 0 Å². The number of benzene rings is 1. The van der Waals surface area contributed by atoms with Crippen LogP contribution in [-0.2, 0) is 9.59 Å². The number of halogens is 2. The summed E-state index contributed by atoms with van der Waals surface area (Å²) in [5.41, 5.74) is 0. The average molecular weight is 306 g/mol. The van der Waals surface area contributed by atoms with Crippen LogP contribution in [0, 0.1) is 0 Å². The fourth-order valence-electron chi connectivity index (χ4n) is 1.31. The second kappa shape index (κ2) is 7.21. The van der Waals surface area contributed by atoms with Gasteiger partial charge >= 0.3 is 5.97 Å². The van der Waals surface area contributed by atoms with E-state index in [1.807, 2.05) is 0 Å². The Morgan fingerprint density at radius 2 is 2.11 bits per heavy atom. The summed E-state index contributed by atoms with van der Waals surface area (Å²) in [6.45, 7) is 1.33. The highest BCUT2D eigenvalue weighted by molar-refractivity contribution is 6.34. The van der Waals surface area contributed by atoms with Crippen LogP contribution in [0.3, 0.4) is 0 Å². The van der Waals surface area contributed by atoms with E-state index in [-0.39, 0.29) is 12.4 Å². The van der Waals surface area contributed by atoms with Crippen LogP contribution in [0.25, 0.3) is 0 Å². The van der Waals surface area contributed by atoms with Crippen molar-refractivity contribution in [3.63, 3.8) is 0 Å². The lowest BCUT2D eigenvalue weighted by molar-refractivity contribution is -0.142. The molecule has 1 atom stereocenters. The number of hydrogen-bond donors (Lipinski definition) is 2. The maximum Gasteiger partial charge on any atom is 0.326 e. The first-order chi connectivity index (χ1) is 8.93. The third-order valence-corrected chi connectivity index (χ3v) is 2.84. The Labute approximate surface area is 120 Å². The molecule has 0 radical (unpaired) electrons. The number of hydrogen-bond acceptors (Lipinski definition) is 3. The van der Waals surface area contributed by atoms with Crippen LogP contribution in [0.5, 0.6) is 5.75 Å². The van der Waals surface area contributed by atoms with E-state index in [0.29, 0.717) is 16.5 Å². The average Bonchev–Trinajstić information content (AvgIpc) is 2.36. The predicted octanol–water partition coefficient (Wildman–Crippen LogP) is 2.35. The van der Waals surface area contributed by atoms with Crippen LogP contribution in [0.2, 0.25) is 10.0 Å². The Hall–Kier alpha value is -1.46. The zero-order valence-electron chi connectivity index (χ0n) is 10.2. The van der Waals surface area contributed by atoms with E-state index in [9.17, 15) is 9.59 Å². The second-order valence-electron chi connectivity index (χ2n) is 3.73. The SMILES string of the molecule is CC[C@H](NC(=O)COc1cc(Cl)ccc1Cl)C(=O)O. The van der Waals surface area contributed by atoms with Crippen molar-refractivity contribution in [2.24, 2.45) is 0 Å². The molecule has 0 saturated heterocycles. The molecule has 0 spiro atoms. The van der Waals surface area contributed by atoms with Gasteiger partial charge in [-0.3, -0.25) is 4.79 Å². The summed E-state index contributed by atoms with van der Waals surface area (Å²) in [5.74, 6) is -1.35. The number of amides is 1. The van der Waals surface area contributed by atoms with E-state index >= 15 is 0 Å². The normalized spacial score (nSPS) is 11.7. The molecule has 5 nitrogen and oxygen atoms in total. The lowest BCUT2D eigenvalue weighted by Crippen LogP contribution is -2.42. The molecule has 1 rings (SSSR count). The Kier molecular flexibility index (Phi) is 5.92. The van der Waals surface area contributed by atoms with Gasteiger partial charge in [-0.15, -0.1) is 0 Å². The van der Waals surface area contributed by atoms with Crippen molar-refractivity contribution < 1.29 is 19.4 Å². The molecule has 0 aromatic heterocycles. The molecule has 0 unspecified atom stereocenters. The highest BCUT2D eigenvalue weighted by atomic mass is 35.5. The van der Waals surface area contributed by atoms with Crippen molar-refractivity contribution in [1.29, 1.82) is 0 Å². The number of aliphatic carboxylic acids is 1. The molecular weight excluding hydrogens is 293 g/mol. The van der Waals surface area contributed by atoms with Gasteiger partial charge in [-0.05, 0) is 18.6 Å². The lowest BCUT2D eigenvalue weighted by atomic mass is 10.2. The van der Waals surface area contributed by atoms with Crippen molar-refractivity contribution in [2.75, 3.05) is 6.61 Å². The molecule has 7 heteroatoms. The minimum absolute atomic E-state index is 0.271. The van der Waals surface area contributed by atoms with E-state index in [0.717, 1.165) is 0 Å². The van der Waals surface area contributed by atoms with Gasteiger partial charge in [0, 0.05) is 11.1 Å². The fraction of sp³-hybridized carbons (Fsp3) is 0.333. The molecule has 0 bridgehead atoms. The van der Waals surface area contributed by atoms with Gasteiger partial charge in [-0.1, -0.05) is 30.1 Å². The lowest BCUT2D eigenvalue weighted by Gasteiger charge is -2.13. The summed E-state index contributed by atoms with van der Waals surface area (Å²) in [6, 6.07) is 3.69. The van der Waals surface area contributed by atoms with Gasteiger partial charge in [0.05, 0.1) is 5.02 Å². The number of carbonyl (C=O) groups is 2. The Balaban J connectivity index is 2.54. The molecule has 0 aliphatic carbocycles. The molecule has 19 heavy (non-hydrogen) atoms. The van der Waals surface area contributed by atoms with E-state index in [2.05, 4.69) is 5.32 Å². The van der Waals surface area contributed by atoms with Gasteiger partial charge in [0.15, 0.2) is 6.61 Å². The number of ether oxygens (including phenoxy) is 1. The van der Waals surface area contributed by atoms with Crippen molar-refractivity contribution >= 4 is 35.1 Å². The molecule has 0 fully saturated rings. The van der Waals surface area contributed by atoms with Crippen molar-refractivity contribution in [3.05, 3.63) is 28.2 Å². The number of carbonyl (C=O) groups excluding carboxylic acids is 1. The van der Waals surface area contributed by atoms with Crippen molar-refractivity contribution in [2.45, 2.75) is 19.4 Å². The molecule has 0 aliphatic heterocycles. The first-order valence-corrected chi connectivity index (χ1v) is 6.29. The van der Waals surface area contributed by atoms with E-state index in [1.165, 1.54) is 6.07 Å². The van der Waals surface area contributed by atoms with Gasteiger partial charge in [0.25, 0.3) is 5.91 Å². The minimum Gasteiger partial charge on any atom is -0.482 e. The van der Waals surface area contributed by atoms with Crippen LogP contribution < -0.4 is 10.1 Å². The first kappa shape index (κ1) is 15.6. The van der Waals surface area contributed by atoms with Crippen molar-refractivity contribution in [1.82, 2.24) is 5.32 Å². The summed E-state index contributed by atoms with van der Waals surface area (Å²) in [6.07, 6.45) is 0.291. The Morgan fingerprint density at radius 3 is 2.68 bits per heavy atom. The summed E-state index contributed by atoms with van der Waals surface area (Å²) in [7, 11) is 0. The molecule has 0 aliphatic rings. The third-order valence-electron chi connectivity index (χ3n) is 2.29. The summed E-state index contributed by atoms with van der Waals surface area (Å²) >= 11 is 11.6. The van der Waals surface area contributed by atoms with Gasteiger partial charge in [-0.2, -0.15) is 0 Å². The number of rotatable bonds is 6. The first-order valence-electron chi connectivity index (χ1n) is 5.54. The maximum absolute atomic E-state index is 11.5. The maximum atomic E-state index is 11.5. The zero-order chi connectivity index (χ0) is 14.4. The third kappa shape index (κ3) is 4.96. The topological polar surface area (TPSA) is 75.6 Å². The van der Waals surface area contributed by atoms with Gasteiger partial charge in [0.2, 0.25) is 0 Å². The number of carboxylic acids is 1. The molecule has 1 aromatic carbocycles. The molecule has 1 amide bonds. The van der Waals surface area contributed by atoms with Gasteiger partial charge in [0.1, 0.15) is 11.8 Å². The second-order valence-corrected chi connectivity index (χ2v) is 4.57. The molecule has 2 N–H and O–H groups in total. The minimum atomic E-state index is -1.09. The molecule has 104 valence electrons. The summed E-state index contributed by atoms with van der Waals surface area (Å²) in [4.78, 5) is 22.3. The molecule has 1 aromatic rings. The fourth-order valence-corrected chi connectivity index (χ4v) is 1.64. The Bertz CT molecular complexity index is 479. The highest BCUT2D eigenvalue weighted by Gasteiger charge is 2.17. The smallest absolute Gasteiger partial charge is 0.326 e. The number of nitrogens with one attached hydrogen (secondary N) is 1. The van der Waals surface area contributed by atoms with Gasteiger partial charge in [-0.25, -0.2) is 4.79 Å². The number of carboxylic acid groups (broad SMARTS) is 1. The van der Waals surface area contributed by atoms with Crippen LogP contribution in [0.15, 0.2) is 18.2 Å². The van der Waals surface area contributed by atoms with E-state index in [4.69, 9.17) is 33.0 Å². The predicted molar refractivity (Wildman–Crippen MR) is 71.8 cm³/mol. The highest BCUT2D eigenvalue weighted by Crippen LogP contribution is 2.27. The van der Waals surface area contributed by atoms with E-state index in [1.54, 1.807) is 19.1 Å². The van der Waals surface area contributed by atoms with Crippen molar-refractivity contribution in [3.8, 4) is 5.75 Å². The quantitative estimate of drug-likeness (QED) is 0.846. The zero-order valence-corrected chi connectivity index (χ0v) is 11.7. The Morgan fingerprint density at radius 1 is 1.42 bits per heavy atom. The molecule has 0 heterocycles. The van der Waals surface area contributed by atoms with Gasteiger partial charge < -0.3 is 15.2 Å². The molecular formula is C12H13Cl2NO4. The molecule has 0 saturated carbocycles. The van der Waals surface area contributed by atoms with Crippen LogP contribution in [0.1, 0.15) is 13.3 Å². The largest absolute Gasteiger partial charge is 0.482 e. The monoisotopic (exact) mass is 305 g/mol. The summed E-state index contributed by atoms with van der Waals surface area (Å²) < 4.78 is 5.18. The van der Waals surface area contributed by atoms with Crippen LogP contribution in [-0.4, -0.2) is 29.6 Å². The standard InChI is InChI=1S/C12H13Cl2NO4/c1-2-9(12(17)18)15-11(16)6-19-10-5-7(13)3-4-8(10)14/h3-5,9H,2,6H2,1H3,(H,15,16)(H,17,18)/t9-/m0/s1.